The van der Waals surface area contributed by atoms with Gasteiger partial charge in [0.2, 0.25) is 0 Å². The highest BCUT2D eigenvalue weighted by atomic mass is 35.5. The molecule has 4 heterocycles. The number of halogens is 1. The molecule has 10 aromatic rings. The maximum absolute atomic E-state index is 12.4. The number of nitrogens with one attached hydrogen (secondary N) is 3. The van der Waals surface area contributed by atoms with Crippen LogP contribution in [0.1, 0.15) is 105 Å². The number of ether oxygens (including phenoxy) is 2. The van der Waals surface area contributed by atoms with Gasteiger partial charge in [-0.2, -0.15) is 0 Å². The number of carbonyl (C=O) groups is 8. The van der Waals surface area contributed by atoms with E-state index in [0.29, 0.717) is 28.5 Å². The van der Waals surface area contributed by atoms with E-state index in [1.54, 1.807) is 98.7 Å². The third-order valence-electron chi connectivity index (χ3n) is 13.4. The predicted octanol–water partition coefficient (Wildman–Crippen LogP) is 14.2. The number of nitrogens with zero attached hydrogens (tertiary/aromatic N) is 4. The standard InChI is InChI=1S/C20H19N3O2S.C18H22N2O3S.C13H14N2OS.C9H8N2S.C8H15NO4.C7H7NO2.ClH/c1-13(22-20(25)15-7-9-16(21)10-8-15)18(24)11-19-23-17(12-26-19)14-5-3-2-4-6-14;1-12(19-17(22)23-18(2,3)4)15(21)10-16-20-14(11-24-16)13-8-6-5-7-9-13;1-9(14)12(16)7-13-15-11(8-17-13)10-5-3-2-4-6-10;10-9-11-8(6-12-9)7-4-2-1-3-5-7;1-5(6(10)11)9-7(12)13-8(2,3)4;8-6-3-1-5(2-4-6)7(9)10;/h2-10,12-13H,11,21H2,1H3,(H,22,25);5-9,11-12H,10H2,1-4H3,(H,19,22);2-6,8-9H,7,14H2,1H3;1-6H,(H2,10,11);5H,1-4H3,(H,9,12)(H,10,11);1-4H,8H2,(H,9,10);1H/t13-;12-;9-;;5-;;/m000.0../s1. The molecule has 4 aromatic heterocycles. The second-order valence-electron chi connectivity index (χ2n) is 24.5. The molecule has 0 radical (unpaired) electrons. The molecule has 0 unspecified atom stereocenters. The fraction of sp³-hybridized carbons (Fsp3) is 0.253. The number of amides is 3. The number of ketones is 3. The molecule has 10 rings (SSSR count). The van der Waals surface area contributed by atoms with Gasteiger partial charge in [0.15, 0.2) is 22.5 Å². The Morgan fingerprint density at radius 3 is 1.02 bits per heavy atom. The zero-order valence-electron chi connectivity index (χ0n) is 58.5. The average molecular weight is 1500 g/mol. The van der Waals surface area contributed by atoms with Crippen LogP contribution >= 0.6 is 57.8 Å². The quantitative estimate of drug-likeness (QED) is 0.0340. The third-order valence-corrected chi connectivity index (χ3v) is 16.6. The minimum absolute atomic E-state index is 0. The lowest BCUT2D eigenvalue weighted by Crippen LogP contribution is -2.42. The van der Waals surface area contributed by atoms with Crippen molar-refractivity contribution in [2.45, 2.75) is 124 Å². The van der Waals surface area contributed by atoms with Gasteiger partial charge in [-0.3, -0.25) is 24.0 Å². The predicted molar refractivity (Wildman–Crippen MR) is 413 cm³/mol. The number of carboxylic acids is 2. The van der Waals surface area contributed by atoms with E-state index in [1.807, 2.05) is 143 Å². The van der Waals surface area contributed by atoms with Crippen LogP contribution in [-0.4, -0.2) is 113 Å². The first-order valence-electron chi connectivity index (χ1n) is 31.8. The summed E-state index contributed by atoms with van der Waals surface area (Å²) in [5.41, 5.74) is 30.5. The van der Waals surface area contributed by atoms with Crippen LogP contribution in [0.5, 0.6) is 0 Å². The van der Waals surface area contributed by atoms with Crippen molar-refractivity contribution in [2.24, 2.45) is 5.73 Å². The summed E-state index contributed by atoms with van der Waals surface area (Å²) in [6.45, 7) is 16.9. The topological polar surface area (TPSA) is 387 Å². The maximum atomic E-state index is 12.4. The van der Waals surface area contributed by atoms with Crippen molar-refractivity contribution >= 4 is 122 Å². The van der Waals surface area contributed by atoms with E-state index in [1.165, 1.54) is 64.4 Å². The van der Waals surface area contributed by atoms with Crippen molar-refractivity contribution in [2.75, 3.05) is 17.2 Å². The summed E-state index contributed by atoms with van der Waals surface area (Å²) in [5, 5.41) is 35.1. The summed E-state index contributed by atoms with van der Waals surface area (Å²) in [7, 11) is 0. The molecule has 0 aliphatic rings. The van der Waals surface area contributed by atoms with E-state index < -0.39 is 59.5 Å². The zero-order valence-corrected chi connectivity index (χ0v) is 62.6. The van der Waals surface area contributed by atoms with E-state index in [4.69, 9.17) is 42.6 Å². The molecule has 0 aliphatic carbocycles. The Hall–Kier alpha value is -10.6. The van der Waals surface area contributed by atoms with Crippen molar-refractivity contribution in [3.63, 3.8) is 0 Å². The number of hydrogen-bond donors (Lipinski definition) is 9. The van der Waals surface area contributed by atoms with Crippen molar-refractivity contribution in [3.8, 4) is 45.0 Å². The largest absolute Gasteiger partial charge is 0.480 e. The number of rotatable bonds is 19. The number of aromatic nitrogens is 4. The van der Waals surface area contributed by atoms with E-state index in [2.05, 4.69) is 35.9 Å². The number of nitrogens with two attached hydrogens (primary N) is 4. The lowest BCUT2D eigenvalue weighted by atomic mass is 10.1. The lowest BCUT2D eigenvalue weighted by molar-refractivity contribution is -0.139. The van der Waals surface area contributed by atoms with Gasteiger partial charge in [0.1, 0.15) is 32.3 Å². The van der Waals surface area contributed by atoms with E-state index >= 15 is 0 Å². The molecular weight excluding hydrogens is 1410 g/mol. The normalized spacial score (nSPS) is 11.6. The highest BCUT2D eigenvalue weighted by Crippen LogP contribution is 2.26. The molecule has 0 bridgehead atoms. The van der Waals surface area contributed by atoms with Gasteiger partial charge >= 0.3 is 24.1 Å². The number of aliphatic carboxylic acids is 1. The maximum Gasteiger partial charge on any atom is 0.408 e. The van der Waals surface area contributed by atoms with Crippen LogP contribution in [0.2, 0.25) is 0 Å². The summed E-state index contributed by atoms with van der Waals surface area (Å²) in [5.74, 6) is -2.47. The van der Waals surface area contributed by atoms with Crippen molar-refractivity contribution < 1.29 is 58.0 Å². The molecule has 0 spiro atoms. The summed E-state index contributed by atoms with van der Waals surface area (Å²) >= 11 is 5.86. The summed E-state index contributed by atoms with van der Waals surface area (Å²) in [6, 6.07) is 49.6. The summed E-state index contributed by atoms with van der Waals surface area (Å²) < 4.78 is 10.0. The number of nitrogen functional groups attached to an aromatic ring is 3. The van der Waals surface area contributed by atoms with Crippen molar-refractivity contribution in [1.82, 2.24) is 35.9 Å². The van der Waals surface area contributed by atoms with Gasteiger partial charge in [0, 0.05) is 60.7 Å². The first kappa shape index (κ1) is 84.9. The zero-order chi connectivity index (χ0) is 75.1. The number of alkyl carbamates (subject to hydrolysis) is 2. The van der Waals surface area contributed by atoms with Crippen molar-refractivity contribution in [1.29, 1.82) is 0 Å². The summed E-state index contributed by atoms with van der Waals surface area (Å²) in [4.78, 5) is 109. The van der Waals surface area contributed by atoms with Gasteiger partial charge in [0.25, 0.3) is 5.91 Å². The number of aromatic carboxylic acids is 1. The smallest absolute Gasteiger partial charge is 0.408 e. The molecule has 0 fully saturated rings. The molecule has 103 heavy (non-hydrogen) atoms. The molecule has 28 heteroatoms. The van der Waals surface area contributed by atoms with Gasteiger partial charge < -0.3 is 58.6 Å². The Bertz CT molecular complexity index is 4300. The molecule has 6 aromatic carbocycles. The number of benzene rings is 6. The molecule has 4 atom stereocenters. The number of carbonyl (C=O) groups excluding carboxylic acids is 6. The first-order chi connectivity index (χ1) is 48.2. The van der Waals surface area contributed by atoms with Crippen LogP contribution in [0.3, 0.4) is 0 Å². The van der Waals surface area contributed by atoms with Crippen LogP contribution in [0, 0.1) is 0 Å². The Morgan fingerprint density at radius 1 is 0.417 bits per heavy atom. The van der Waals surface area contributed by atoms with Gasteiger partial charge in [-0.1, -0.05) is 121 Å². The van der Waals surface area contributed by atoms with Crippen LogP contribution < -0.4 is 38.9 Å². The number of hydrogen-bond acceptors (Lipinski definition) is 22. The number of Topliss-reactive ketones (excluding diaryl/α,β-unsaturated/α-hetero) is 3. The molecule has 0 saturated heterocycles. The third kappa shape index (κ3) is 31.9. The molecule has 0 saturated carbocycles. The molecule has 3 amide bonds. The van der Waals surface area contributed by atoms with E-state index in [9.17, 15) is 38.4 Å². The van der Waals surface area contributed by atoms with Gasteiger partial charge in [-0.25, -0.2) is 34.3 Å². The molecule has 23 nitrogen and oxygen atoms in total. The molecule has 13 N–H and O–H groups in total. The highest BCUT2D eigenvalue weighted by molar-refractivity contribution is 7.13. The monoisotopic (exact) mass is 1500 g/mol. The minimum Gasteiger partial charge on any atom is -0.480 e. The highest BCUT2D eigenvalue weighted by Gasteiger charge is 2.24. The fourth-order valence-electron chi connectivity index (χ4n) is 8.08. The van der Waals surface area contributed by atoms with Crippen LogP contribution in [0.25, 0.3) is 45.0 Å². The summed E-state index contributed by atoms with van der Waals surface area (Å²) in [6.07, 6.45) is -0.598. The first-order valence-corrected chi connectivity index (χ1v) is 35.3. The molecule has 544 valence electrons. The van der Waals surface area contributed by atoms with Gasteiger partial charge in [-0.15, -0.1) is 57.8 Å². The SMILES string of the molecule is C[C@H](N)C(=O)Cc1nc(-c2ccccc2)cs1.C[C@H](NC(=O)OC(C)(C)C)C(=O)Cc1nc(-c2ccccc2)cs1.C[C@H](NC(=O)OC(C)(C)C)C(=O)O.C[C@H](NC(=O)c1ccc(N)cc1)C(=O)Cc1nc(-c2ccccc2)cs1.Cl.Nc1ccc(C(=O)O)cc1.Nc1nc(-c2ccccc2)cs1. The minimum atomic E-state index is -1.09. The fourth-order valence-corrected chi connectivity index (χ4v) is 11.1. The van der Waals surface area contributed by atoms with Crippen LogP contribution in [0.15, 0.2) is 191 Å². The Labute approximate surface area is 621 Å². The Kier molecular flexibility index (Phi) is 34.6. The second-order valence-corrected chi connectivity index (χ2v) is 28.2. The molecule has 0 aliphatic heterocycles. The van der Waals surface area contributed by atoms with E-state index in [0.717, 1.165) is 60.1 Å². The lowest BCUT2D eigenvalue weighted by Gasteiger charge is -2.21. The Balaban J connectivity index is 0.000000270. The van der Waals surface area contributed by atoms with Gasteiger partial charge in [0.05, 0.1) is 65.7 Å². The van der Waals surface area contributed by atoms with Crippen LogP contribution in [-0.2, 0) is 47.9 Å². The van der Waals surface area contributed by atoms with Crippen LogP contribution in [0.4, 0.5) is 26.1 Å². The second kappa shape index (κ2) is 42.0. The molecular formula is C75H86ClN11O12S4. The number of anilines is 3. The van der Waals surface area contributed by atoms with E-state index in [-0.39, 0.29) is 54.1 Å². The average Bonchev–Trinajstić information content (AvgIpc) is 1.75. The number of carboxylic acid groups (broad SMARTS) is 2. The number of thiazole rings is 4. The van der Waals surface area contributed by atoms with Gasteiger partial charge in [-0.05, 0) is 118 Å². The Morgan fingerprint density at radius 2 is 0.718 bits per heavy atom. The van der Waals surface area contributed by atoms with Crippen molar-refractivity contribution in [3.05, 3.63) is 218 Å².